The fourth-order valence-electron chi connectivity index (χ4n) is 3.27. The van der Waals surface area contributed by atoms with Gasteiger partial charge in [-0.25, -0.2) is 4.39 Å². The summed E-state index contributed by atoms with van der Waals surface area (Å²) in [4.78, 5) is 12.7. The number of hydrogen-bond donors (Lipinski definition) is 2. The second kappa shape index (κ2) is 7.54. The molecule has 0 aliphatic heterocycles. The summed E-state index contributed by atoms with van der Waals surface area (Å²) in [6.07, 6.45) is 1.60. The molecule has 2 N–H and O–H groups in total. The van der Waals surface area contributed by atoms with E-state index >= 15 is 0 Å². The van der Waals surface area contributed by atoms with Gasteiger partial charge in [0.15, 0.2) is 0 Å². The number of halogens is 2. The summed E-state index contributed by atoms with van der Waals surface area (Å²) < 4.78 is 14.1. The highest BCUT2D eigenvalue weighted by Gasteiger charge is 2.35. The van der Waals surface area contributed by atoms with Gasteiger partial charge in [-0.3, -0.25) is 4.79 Å². The number of benzene rings is 2. The Morgan fingerprint density at radius 3 is 2.60 bits per heavy atom. The second-order valence-corrected chi connectivity index (χ2v) is 7.09. The standard InChI is InChI=1S/C20H21ClFNO2/c1-12-7-8-16(22)18(19(12)21)20(25)23-17(14-10-15(24)11-14)9-13-5-3-2-4-6-13/h2-8,14-15,17,24H,9-11H2,1H3,(H,23,25)/t14?,15?,17-/m1/s1. The third kappa shape index (κ3) is 4.02. The first-order valence-electron chi connectivity index (χ1n) is 8.43. The van der Waals surface area contributed by atoms with E-state index in [0.29, 0.717) is 24.8 Å². The van der Waals surface area contributed by atoms with Gasteiger partial charge in [0.1, 0.15) is 5.82 Å². The molecule has 1 amide bonds. The molecule has 1 aliphatic carbocycles. The molecule has 2 aromatic rings. The van der Waals surface area contributed by atoms with E-state index in [0.717, 1.165) is 5.56 Å². The van der Waals surface area contributed by atoms with Crippen LogP contribution in [0.5, 0.6) is 0 Å². The zero-order chi connectivity index (χ0) is 18.0. The molecule has 0 unspecified atom stereocenters. The SMILES string of the molecule is Cc1ccc(F)c(C(=O)N[C@H](Cc2ccccc2)C2CC(O)C2)c1Cl. The Morgan fingerprint density at radius 1 is 1.28 bits per heavy atom. The molecule has 25 heavy (non-hydrogen) atoms. The van der Waals surface area contributed by atoms with Crippen molar-refractivity contribution in [2.75, 3.05) is 0 Å². The lowest BCUT2D eigenvalue weighted by molar-refractivity contribution is 0.0239. The van der Waals surface area contributed by atoms with E-state index < -0.39 is 11.7 Å². The van der Waals surface area contributed by atoms with Crippen molar-refractivity contribution in [1.29, 1.82) is 0 Å². The van der Waals surface area contributed by atoms with Gasteiger partial charge in [-0.05, 0) is 49.3 Å². The zero-order valence-corrected chi connectivity index (χ0v) is 14.8. The van der Waals surface area contributed by atoms with Gasteiger partial charge in [-0.15, -0.1) is 0 Å². The van der Waals surface area contributed by atoms with Crippen LogP contribution >= 0.6 is 11.6 Å². The smallest absolute Gasteiger partial charge is 0.256 e. The van der Waals surface area contributed by atoms with Gasteiger partial charge >= 0.3 is 0 Å². The largest absolute Gasteiger partial charge is 0.393 e. The van der Waals surface area contributed by atoms with Crippen molar-refractivity contribution in [2.24, 2.45) is 5.92 Å². The third-order valence-electron chi connectivity index (χ3n) is 4.84. The Morgan fingerprint density at radius 2 is 1.96 bits per heavy atom. The van der Waals surface area contributed by atoms with E-state index in [9.17, 15) is 14.3 Å². The lowest BCUT2D eigenvalue weighted by Crippen LogP contribution is -2.48. The van der Waals surface area contributed by atoms with Crippen molar-refractivity contribution in [2.45, 2.75) is 38.3 Å². The number of amides is 1. The van der Waals surface area contributed by atoms with Crippen LogP contribution in [0, 0.1) is 18.7 Å². The molecular weight excluding hydrogens is 341 g/mol. The van der Waals surface area contributed by atoms with E-state index in [2.05, 4.69) is 5.32 Å². The molecule has 2 aromatic carbocycles. The number of carbonyl (C=O) groups excluding carboxylic acids is 1. The molecule has 3 nitrogen and oxygen atoms in total. The molecule has 1 atom stereocenters. The third-order valence-corrected chi connectivity index (χ3v) is 5.33. The van der Waals surface area contributed by atoms with Gasteiger partial charge in [0.2, 0.25) is 0 Å². The first-order valence-corrected chi connectivity index (χ1v) is 8.81. The van der Waals surface area contributed by atoms with Crippen LogP contribution in [0.15, 0.2) is 42.5 Å². The number of hydrogen-bond acceptors (Lipinski definition) is 2. The molecule has 1 fully saturated rings. The summed E-state index contributed by atoms with van der Waals surface area (Å²) in [5, 5.41) is 12.7. The van der Waals surface area contributed by atoms with Crippen molar-refractivity contribution in [3.63, 3.8) is 0 Å². The van der Waals surface area contributed by atoms with Crippen molar-refractivity contribution < 1.29 is 14.3 Å². The molecule has 0 spiro atoms. The van der Waals surface area contributed by atoms with Crippen LogP contribution in [-0.2, 0) is 6.42 Å². The van der Waals surface area contributed by atoms with E-state index in [1.54, 1.807) is 13.0 Å². The van der Waals surface area contributed by atoms with Gasteiger partial charge in [-0.1, -0.05) is 48.0 Å². The van der Waals surface area contributed by atoms with Crippen LogP contribution in [0.4, 0.5) is 4.39 Å². The first-order chi connectivity index (χ1) is 12.0. The molecule has 1 aliphatic rings. The summed E-state index contributed by atoms with van der Waals surface area (Å²) in [6.45, 7) is 1.74. The Balaban J connectivity index is 1.80. The molecule has 3 rings (SSSR count). The highest BCUT2D eigenvalue weighted by molar-refractivity contribution is 6.34. The average Bonchev–Trinajstić information content (AvgIpc) is 2.56. The number of aliphatic hydroxyl groups is 1. The molecular formula is C20H21ClFNO2. The van der Waals surface area contributed by atoms with E-state index in [4.69, 9.17) is 11.6 Å². The minimum Gasteiger partial charge on any atom is -0.393 e. The van der Waals surface area contributed by atoms with Crippen LogP contribution in [-0.4, -0.2) is 23.2 Å². The van der Waals surface area contributed by atoms with Crippen LogP contribution < -0.4 is 5.32 Å². The normalized spacial score (nSPS) is 20.6. The van der Waals surface area contributed by atoms with Gasteiger partial charge in [0.25, 0.3) is 5.91 Å². The Kier molecular flexibility index (Phi) is 5.40. The van der Waals surface area contributed by atoms with Crippen molar-refractivity contribution in [3.8, 4) is 0 Å². The van der Waals surface area contributed by atoms with E-state index in [1.165, 1.54) is 6.07 Å². The molecule has 0 radical (unpaired) electrons. The number of carbonyl (C=O) groups is 1. The van der Waals surface area contributed by atoms with Crippen LogP contribution in [0.2, 0.25) is 5.02 Å². The van der Waals surface area contributed by atoms with Gasteiger partial charge in [-0.2, -0.15) is 0 Å². The second-order valence-electron chi connectivity index (χ2n) is 6.71. The molecule has 0 saturated heterocycles. The van der Waals surface area contributed by atoms with Gasteiger partial charge < -0.3 is 10.4 Å². The zero-order valence-electron chi connectivity index (χ0n) is 14.0. The molecule has 0 bridgehead atoms. The lowest BCUT2D eigenvalue weighted by Gasteiger charge is -2.38. The minimum atomic E-state index is -0.625. The predicted molar refractivity (Wildman–Crippen MR) is 96.3 cm³/mol. The van der Waals surface area contributed by atoms with Crippen LogP contribution in [0.3, 0.4) is 0 Å². The minimum absolute atomic E-state index is 0.111. The highest BCUT2D eigenvalue weighted by atomic mass is 35.5. The van der Waals surface area contributed by atoms with Gasteiger partial charge in [0, 0.05) is 6.04 Å². The number of aliphatic hydroxyl groups excluding tert-OH is 1. The quantitative estimate of drug-likeness (QED) is 0.848. The summed E-state index contributed by atoms with van der Waals surface area (Å²) >= 11 is 6.15. The molecule has 1 saturated carbocycles. The van der Waals surface area contributed by atoms with Crippen molar-refractivity contribution >= 4 is 17.5 Å². The summed E-state index contributed by atoms with van der Waals surface area (Å²) in [5.41, 5.74) is 1.64. The molecule has 5 heteroatoms. The molecule has 0 aromatic heterocycles. The van der Waals surface area contributed by atoms with Crippen LogP contribution in [0.25, 0.3) is 0 Å². The molecule has 132 valence electrons. The van der Waals surface area contributed by atoms with Crippen molar-refractivity contribution in [1.82, 2.24) is 5.32 Å². The Hall–Kier alpha value is -1.91. The molecule has 0 heterocycles. The predicted octanol–water partition coefficient (Wildman–Crippen LogP) is 3.90. The fourth-order valence-corrected chi connectivity index (χ4v) is 3.51. The number of rotatable bonds is 5. The Bertz CT molecular complexity index is 760. The maximum atomic E-state index is 14.1. The lowest BCUT2D eigenvalue weighted by atomic mass is 9.75. The first kappa shape index (κ1) is 17.9. The summed E-state index contributed by atoms with van der Waals surface area (Å²) in [6, 6.07) is 12.5. The summed E-state index contributed by atoms with van der Waals surface area (Å²) in [7, 11) is 0. The maximum Gasteiger partial charge on any atom is 0.256 e. The Labute approximate surface area is 151 Å². The summed E-state index contributed by atoms with van der Waals surface area (Å²) in [5.74, 6) is -0.959. The average molecular weight is 362 g/mol. The monoisotopic (exact) mass is 361 g/mol. The van der Waals surface area contributed by atoms with E-state index in [-0.39, 0.29) is 28.6 Å². The number of aryl methyl sites for hydroxylation is 1. The number of nitrogens with one attached hydrogen (secondary N) is 1. The van der Waals surface area contributed by atoms with Gasteiger partial charge in [0.05, 0.1) is 16.7 Å². The highest BCUT2D eigenvalue weighted by Crippen LogP contribution is 2.32. The van der Waals surface area contributed by atoms with E-state index in [1.807, 2.05) is 30.3 Å². The maximum absolute atomic E-state index is 14.1. The van der Waals surface area contributed by atoms with Crippen molar-refractivity contribution in [3.05, 3.63) is 70.0 Å². The van der Waals surface area contributed by atoms with Crippen LogP contribution in [0.1, 0.15) is 34.3 Å². The topological polar surface area (TPSA) is 49.3 Å². The fraction of sp³-hybridized carbons (Fsp3) is 0.350.